The maximum absolute atomic E-state index is 11.1. The van der Waals surface area contributed by atoms with E-state index in [0.717, 1.165) is 16.9 Å². The highest BCUT2D eigenvalue weighted by atomic mass is 32.2. The van der Waals surface area contributed by atoms with Gasteiger partial charge in [-0.15, -0.1) is 0 Å². The standard InChI is InChI=1S/C13H11NO3S/c15-13(16)12(11-8-4-5-9-14-11)17-18-10-6-2-1-3-7-10/h1-9,12H,(H,15,16). The van der Waals surface area contributed by atoms with Crippen molar-refractivity contribution in [1.82, 2.24) is 4.98 Å². The molecular formula is C13H11NO3S. The SMILES string of the molecule is O=C(O)C(OSc1ccccc1)c1ccccn1. The summed E-state index contributed by atoms with van der Waals surface area (Å²) in [6.45, 7) is 0. The number of nitrogens with zero attached hydrogens (tertiary/aromatic N) is 1. The van der Waals surface area contributed by atoms with Gasteiger partial charge in [-0.1, -0.05) is 24.3 Å². The number of rotatable bonds is 5. The van der Waals surface area contributed by atoms with Gasteiger partial charge in [0.2, 0.25) is 6.10 Å². The Kier molecular flexibility index (Phi) is 4.33. The zero-order chi connectivity index (χ0) is 12.8. The van der Waals surface area contributed by atoms with Crippen LogP contribution in [-0.2, 0) is 8.98 Å². The smallest absolute Gasteiger partial charge is 0.340 e. The highest BCUT2D eigenvalue weighted by molar-refractivity contribution is 7.94. The summed E-state index contributed by atoms with van der Waals surface area (Å²) in [7, 11) is 0. The number of carbonyl (C=O) groups is 1. The number of pyridine rings is 1. The molecule has 2 aromatic rings. The zero-order valence-corrected chi connectivity index (χ0v) is 10.2. The predicted octanol–water partition coefficient (Wildman–Crippen LogP) is 2.93. The quantitative estimate of drug-likeness (QED) is 0.838. The average molecular weight is 261 g/mol. The van der Waals surface area contributed by atoms with Gasteiger partial charge in [-0.25, -0.2) is 4.79 Å². The number of hydrogen-bond acceptors (Lipinski definition) is 4. The summed E-state index contributed by atoms with van der Waals surface area (Å²) >= 11 is 1.03. The topological polar surface area (TPSA) is 59.4 Å². The second-order valence-corrected chi connectivity index (χ2v) is 4.30. The molecule has 0 aliphatic heterocycles. The van der Waals surface area contributed by atoms with Crippen LogP contribution >= 0.6 is 12.0 Å². The minimum absolute atomic E-state index is 0.383. The van der Waals surface area contributed by atoms with Crippen molar-refractivity contribution >= 4 is 18.0 Å². The van der Waals surface area contributed by atoms with E-state index in [1.807, 2.05) is 30.3 Å². The molecule has 1 aromatic carbocycles. The van der Waals surface area contributed by atoms with E-state index in [1.54, 1.807) is 24.4 Å². The molecule has 0 radical (unpaired) electrons. The van der Waals surface area contributed by atoms with Gasteiger partial charge < -0.3 is 5.11 Å². The van der Waals surface area contributed by atoms with Crippen LogP contribution in [0.2, 0.25) is 0 Å². The summed E-state index contributed by atoms with van der Waals surface area (Å²) in [5.41, 5.74) is 0.383. The van der Waals surface area contributed by atoms with Crippen LogP contribution < -0.4 is 0 Å². The first-order chi connectivity index (χ1) is 8.77. The van der Waals surface area contributed by atoms with Crippen molar-refractivity contribution in [3.8, 4) is 0 Å². The van der Waals surface area contributed by atoms with Crippen LogP contribution in [0, 0.1) is 0 Å². The third kappa shape index (κ3) is 3.32. The van der Waals surface area contributed by atoms with Crippen LogP contribution in [0.15, 0.2) is 59.6 Å². The van der Waals surface area contributed by atoms with Gasteiger partial charge in [0.1, 0.15) is 0 Å². The van der Waals surface area contributed by atoms with Gasteiger partial charge in [0.15, 0.2) is 0 Å². The second kappa shape index (κ2) is 6.18. The van der Waals surface area contributed by atoms with Gasteiger partial charge in [0.05, 0.1) is 5.69 Å². The van der Waals surface area contributed by atoms with E-state index in [9.17, 15) is 4.79 Å². The van der Waals surface area contributed by atoms with Crippen molar-refractivity contribution in [3.63, 3.8) is 0 Å². The predicted molar refractivity (Wildman–Crippen MR) is 68.0 cm³/mol. The summed E-state index contributed by atoms with van der Waals surface area (Å²) in [5.74, 6) is -1.06. The Balaban J connectivity index is 2.06. The monoisotopic (exact) mass is 261 g/mol. The van der Waals surface area contributed by atoms with Crippen molar-refractivity contribution < 1.29 is 14.1 Å². The van der Waals surface area contributed by atoms with Crippen LogP contribution in [0.3, 0.4) is 0 Å². The lowest BCUT2D eigenvalue weighted by atomic mass is 10.2. The minimum atomic E-state index is -1.07. The molecule has 4 nitrogen and oxygen atoms in total. The molecule has 1 N–H and O–H groups in total. The van der Waals surface area contributed by atoms with Crippen LogP contribution in [0.1, 0.15) is 11.8 Å². The van der Waals surface area contributed by atoms with Gasteiger partial charge in [0.25, 0.3) is 0 Å². The summed E-state index contributed by atoms with van der Waals surface area (Å²) in [5, 5.41) is 9.13. The van der Waals surface area contributed by atoms with E-state index in [0.29, 0.717) is 5.69 Å². The van der Waals surface area contributed by atoms with E-state index in [1.165, 1.54) is 0 Å². The lowest BCUT2D eigenvalue weighted by Crippen LogP contribution is -2.13. The molecule has 0 saturated carbocycles. The average Bonchev–Trinajstić information content (AvgIpc) is 2.41. The molecule has 0 amide bonds. The Morgan fingerprint density at radius 1 is 1.17 bits per heavy atom. The molecular weight excluding hydrogens is 250 g/mol. The summed E-state index contributed by atoms with van der Waals surface area (Å²) in [6.07, 6.45) is 0.471. The molecule has 92 valence electrons. The van der Waals surface area contributed by atoms with Crippen LogP contribution in [0.5, 0.6) is 0 Å². The molecule has 1 atom stereocenters. The fourth-order valence-electron chi connectivity index (χ4n) is 1.33. The number of hydrogen-bond donors (Lipinski definition) is 1. The Labute approximate surface area is 109 Å². The van der Waals surface area contributed by atoms with Crippen LogP contribution in [0.4, 0.5) is 0 Å². The summed E-state index contributed by atoms with van der Waals surface area (Å²) in [6, 6.07) is 14.4. The molecule has 0 aliphatic rings. The molecule has 2 rings (SSSR count). The zero-order valence-electron chi connectivity index (χ0n) is 9.39. The van der Waals surface area contributed by atoms with E-state index in [-0.39, 0.29) is 0 Å². The van der Waals surface area contributed by atoms with Crippen molar-refractivity contribution in [1.29, 1.82) is 0 Å². The lowest BCUT2D eigenvalue weighted by molar-refractivity contribution is -0.144. The molecule has 1 aromatic heterocycles. The Morgan fingerprint density at radius 3 is 2.50 bits per heavy atom. The molecule has 1 heterocycles. The van der Waals surface area contributed by atoms with Crippen molar-refractivity contribution in [2.75, 3.05) is 0 Å². The highest BCUT2D eigenvalue weighted by Crippen LogP contribution is 2.27. The van der Waals surface area contributed by atoms with Gasteiger partial charge in [-0.2, -0.15) is 0 Å². The normalized spacial score (nSPS) is 12.0. The Morgan fingerprint density at radius 2 is 1.89 bits per heavy atom. The first-order valence-electron chi connectivity index (χ1n) is 5.29. The first kappa shape index (κ1) is 12.6. The Hall–Kier alpha value is -1.85. The molecule has 0 aliphatic carbocycles. The molecule has 0 spiro atoms. The van der Waals surface area contributed by atoms with Gasteiger partial charge >= 0.3 is 5.97 Å². The number of aromatic nitrogens is 1. The molecule has 0 fully saturated rings. The highest BCUT2D eigenvalue weighted by Gasteiger charge is 2.22. The van der Waals surface area contributed by atoms with Crippen molar-refractivity contribution in [2.45, 2.75) is 11.0 Å². The molecule has 5 heteroatoms. The largest absolute Gasteiger partial charge is 0.479 e. The molecule has 0 saturated heterocycles. The van der Waals surface area contributed by atoms with Crippen molar-refractivity contribution in [3.05, 3.63) is 60.4 Å². The van der Waals surface area contributed by atoms with Crippen molar-refractivity contribution in [2.24, 2.45) is 0 Å². The third-order valence-corrected chi connectivity index (χ3v) is 2.92. The van der Waals surface area contributed by atoms with Gasteiger partial charge in [-0.05, 0) is 24.3 Å². The van der Waals surface area contributed by atoms with Gasteiger partial charge in [0, 0.05) is 23.1 Å². The molecule has 0 bridgehead atoms. The first-order valence-corrected chi connectivity index (χ1v) is 6.03. The van der Waals surface area contributed by atoms with Crippen LogP contribution in [0.25, 0.3) is 0 Å². The number of carboxylic acids is 1. The maximum Gasteiger partial charge on any atom is 0.340 e. The lowest BCUT2D eigenvalue weighted by Gasteiger charge is -2.11. The third-order valence-electron chi connectivity index (χ3n) is 2.16. The minimum Gasteiger partial charge on any atom is -0.479 e. The van der Waals surface area contributed by atoms with Crippen LogP contribution in [-0.4, -0.2) is 16.1 Å². The Bertz CT molecular complexity index is 504. The maximum atomic E-state index is 11.1. The number of benzene rings is 1. The molecule has 18 heavy (non-hydrogen) atoms. The fraction of sp³-hybridized carbons (Fsp3) is 0.0769. The number of carboxylic acid groups (broad SMARTS) is 1. The summed E-state index contributed by atoms with van der Waals surface area (Å²) < 4.78 is 5.33. The summed E-state index contributed by atoms with van der Waals surface area (Å²) in [4.78, 5) is 16.0. The van der Waals surface area contributed by atoms with E-state index >= 15 is 0 Å². The molecule has 1 unspecified atom stereocenters. The van der Waals surface area contributed by atoms with E-state index < -0.39 is 12.1 Å². The number of aliphatic carboxylic acids is 1. The van der Waals surface area contributed by atoms with E-state index in [4.69, 9.17) is 9.29 Å². The fourth-order valence-corrected chi connectivity index (χ4v) is 1.98. The van der Waals surface area contributed by atoms with E-state index in [2.05, 4.69) is 4.98 Å². The second-order valence-electron chi connectivity index (χ2n) is 3.47. The van der Waals surface area contributed by atoms with Gasteiger partial charge in [-0.3, -0.25) is 9.17 Å².